The summed E-state index contributed by atoms with van der Waals surface area (Å²) in [5, 5.41) is 11.9. The Bertz CT molecular complexity index is 966. The van der Waals surface area contributed by atoms with Crippen LogP contribution in [0.3, 0.4) is 0 Å². The highest BCUT2D eigenvalue weighted by Gasteiger charge is 2.29. The zero-order valence-corrected chi connectivity index (χ0v) is 16.2. The van der Waals surface area contributed by atoms with Crippen molar-refractivity contribution >= 4 is 28.3 Å². The molecule has 144 valence electrons. The quantitative estimate of drug-likeness (QED) is 0.728. The van der Waals surface area contributed by atoms with Crippen LogP contribution in [0.5, 0.6) is 0 Å². The molecule has 1 aliphatic heterocycles. The van der Waals surface area contributed by atoms with Crippen molar-refractivity contribution in [3.8, 4) is 10.8 Å². The maximum absolute atomic E-state index is 12.7. The first-order valence-corrected chi connectivity index (χ1v) is 9.96. The number of carbonyl (C=O) groups excluding carboxylic acids is 2. The number of aryl methyl sites for hydroxylation is 1. The molecule has 7 nitrogen and oxygen atoms in total. The van der Waals surface area contributed by atoms with E-state index in [9.17, 15) is 9.59 Å². The second-order valence-electron chi connectivity index (χ2n) is 6.84. The molecule has 0 saturated carbocycles. The number of amides is 2. The summed E-state index contributed by atoms with van der Waals surface area (Å²) in [6.45, 7) is 3.06. The van der Waals surface area contributed by atoms with Gasteiger partial charge in [-0.2, -0.15) is 0 Å². The minimum atomic E-state index is -0.265. The number of hydrogen-bond donors (Lipinski definition) is 1. The number of nitrogens with zero attached hydrogens (tertiary/aromatic N) is 3. The van der Waals surface area contributed by atoms with Gasteiger partial charge in [-0.05, 0) is 44.0 Å². The minimum Gasteiger partial charge on any atom is -0.462 e. The number of likely N-dealkylation sites (tertiary alicyclic amines) is 1. The number of furan rings is 1. The second kappa shape index (κ2) is 7.93. The van der Waals surface area contributed by atoms with E-state index >= 15 is 0 Å². The fourth-order valence-corrected chi connectivity index (χ4v) is 3.95. The molecule has 28 heavy (non-hydrogen) atoms. The number of piperidine rings is 1. The molecule has 0 aliphatic carbocycles. The summed E-state index contributed by atoms with van der Waals surface area (Å²) in [5.41, 5.74) is 1.76. The number of anilines is 1. The first kappa shape index (κ1) is 18.4. The Morgan fingerprint density at radius 1 is 1.21 bits per heavy atom. The maximum atomic E-state index is 12.7. The van der Waals surface area contributed by atoms with E-state index < -0.39 is 0 Å². The Morgan fingerprint density at radius 3 is 2.79 bits per heavy atom. The Kier molecular flexibility index (Phi) is 5.21. The zero-order valence-electron chi connectivity index (χ0n) is 15.4. The largest absolute Gasteiger partial charge is 0.462 e. The number of rotatable bonds is 4. The normalized spacial score (nSPS) is 16.8. The molecular formula is C20H20N4O3S. The Balaban J connectivity index is 1.39. The highest BCUT2D eigenvalue weighted by Crippen LogP contribution is 2.27. The van der Waals surface area contributed by atoms with E-state index in [1.54, 1.807) is 23.3 Å². The summed E-state index contributed by atoms with van der Waals surface area (Å²) in [7, 11) is 0. The van der Waals surface area contributed by atoms with Crippen LogP contribution in [0.25, 0.3) is 10.8 Å². The lowest BCUT2D eigenvalue weighted by Gasteiger charge is -2.32. The standard InChI is InChI=1S/C20H20N4O3S/c1-13-6-8-14(9-7-13)19(26)24-10-2-4-15(12-24)17(25)21-20-23-22-18(28-20)16-5-3-11-27-16/h3,5-9,11,15H,2,4,10,12H2,1H3,(H,21,23,25)/t15-/m0/s1. The van der Waals surface area contributed by atoms with Crippen LogP contribution in [-0.2, 0) is 4.79 Å². The van der Waals surface area contributed by atoms with Gasteiger partial charge in [0.25, 0.3) is 5.91 Å². The number of carbonyl (C=O) groups is 2. The molecule has 2 aromatic heterocycles. The summed E-state index contributed by atoms with van der Waals surface area (Å²) in [5.74, 6) is 0.182. The molecule has 1 saturated heterocycles. The molecule has 0 unspecified atom stereocenters. The molecule has 1 fully saturated rings. The lowest BCUT2D eigenvalue weighted by atomic mass is 9.96. The van der Waals surface area contributed by atoms with Gasteiger partial charge < -0.3 is 14.6 Å². The summed E-state index contributed by atoms with van der Waals surface area (Å²) in [6.07, 6.45) is 3.10. The highest BCUT2D eigenvalue weighted by atomic mass is 32.1. The van der Waals surface area contributed by atoms with Gasteiger partial charge in [0.1, 0.15) is 0 Å². The smallest absolute Gasteiger partial charge is 0.253 e. The van der Waals surface area contributed by atoms with Crippen LogP contribution < -0.4 is 5.32 Å². The molecule has 1 N–H and O–H groups in total. The van der Waals surface area contributed by atoms with E-state index in [1.807, 2.05) is 31.2 Å². The molecule has 4 rings (SSSR count). The average molecular weight is 396 g/mol. The van der Waals surface area contributed by atoms with Gasteiger partial charge in [-0.3, -0.25) is 9.59 Å². The van der Waals surface area contributed by atoms with E-state index in [1.165, 1.54) is 11.3 Å². The Labute approximate surface area is 166 Å². The molecular weight excluding hydrogens is 376 g/mol. The summed E-state index contributed by atoms with van der Waals surface area (Å²) < 4.78 is 5.30. The summed E-state index contributed by atoms with van der Waals surface area (Å²) in [6, 6.07) is 11.1. The van der Waals surface area contributed by atoms with Gasteiger partial charge in [0, 0.05) is 18.7 Å². The van der Waals surface area contributed by atoms with Crippen molar-refractivity contribution in [3.63, 3.8) is 0 Å². The van der Waals surface area contributed by atoms with Crippen LogP contribution in [-0.4, -0.2) is 40.0 Å². The van der Waals surface area contributed by atoms with Gasteiger partial charge >= 0.3 is 0 Å². The molecule has 0 spiro atoms. The van der Waals surface area contributed by atoms with Crippen LogP contribution in [0.4, 0.5) is 5.13 Å². The molecule has 3 aromatic rings. The van der Waals surface area contributed by atoms with Crippen molar-refractivity contribution in [1.82, 2.24) is 15.1 Å². The molecule has 1 aliphatic rings. The predicted molar refractivity (Wildman–Crippen MR) is 106 cm³/mol. The number of aromatic nitrogens is 2. The van der Waals surface area contributed by atoms with Crippen molar-refractivity contribution in [2.24, 2.45) is 5.92 Å². The Hall–Kier alpha value is -3.00. The van der Waals surface area contributed by atoms with Crippen molar-refractivity contribution in [2.75, 3.05) is 18.4 Å². The van der Waals surface area contributed by atoms with Gasteiger partial charge in [-0.1, -0.05) is 29.0 Å². The van der Waals surface area contributed by atoms with Gasteiger partial charge in [0.15, 0.2) is 10.8 Å². The number of benzene rings is 1. The van der Waals surface area contributed by atoms with Crippen LogP contribution in [0, 0.1) is 12.8 Å². The van der Waals surface area contributed by atoms with Crippen molar-refractivity contribution in [2.45, 2.75) is 19.8 Å². The van der Waals surface area contributed by atoms with Crippen LogP contribution in [0.2, 0.25) is 0 Å². The summed E-state index contributed by atoms with van der Waals surface area (Å²) in [4.78, 5) is 27.2. The van der Waals surface area contributed by atoms with E-state index in [-0.39, 0.29) is 17.7 Å². The second-order valence-corrected chi connectivity index (χ2v) is 7.81. The Morgan fingerprint density at radius 2 is 2.04 bits per heavy atom. The fraction of sp³-hybridized carbons (Fsp3) is 0.300. The van der Waals surface area contributed by atoms with E-state index in [0.29, 0.717) is 34.6 Å². The topological polar surface area (TPSA) is 88.3 Å². The lowest BCUT2D eigenvalue weighted by Crippen LogP contribution is -2.43. The van der Waals surface area contributed by atoms with Gasteiger partial charge in [-0.15, -0.1) is 10.2 Å². The number of nitrogens with one attached hydrogen (secondary N) is 1. The van der Waals surface area contributed by atoms with Crippen molar-refractivity contribution in [3.05, 3.63) is 53.8 Å². The third-order valence-corrected chi connectivity index (χ3v) is 5.62. The third-order valence-electron chi connectivity index (χ3n) is 4.77. The van der Waals surface area contributed by atoms with Crippen LogP contribution in [0.1, 0.15) is 28.8 Å². The molecule has 2 amide bonds. The van der Waals surface area contributed by atoms with E-state index in [2.05, 4.69) is 15.5 Å². The first-order chi connectivity index (χ1) is 13.6. The van der Waals surface area contributed by atoms with Crippen LogP contribution in [0.15, 0.2) is 47.1 Å². The maximum Gasteiger partial charge on any atom is 0.253 e. The molecule has 1 atom stereocenters. The zero-order chi connectivity index (χ0) is 19.5. The summed E-state index contributed by atoms with van der Waals surface area (Å²) >= 11 is 1.26. The van der Waals surface area contributed by atoms with Crippen molar-refractivity contribution < 1.29 is 14.0 Å². The van der Waals surface area contributed by atoms with Crippen molar-refractivity contribution in [1.29, 1.82) is 0 Å². The molecule has 0 radical (unpaired) electrons. The molecule has 1 aromatic carbocycles. The minimum absolute atomic E-state index is 0.0338. The number of hydrogen-bond acceptors (Lipinski definition) is 6. The molecule has 3 heterocycles. The van der Waals surface area contributed by atoms with Crippen LogP contribution >= 0.6 is 11.3 Å². The molecule has 0 bridgehead atoms. The van der Waals surface area contributed by atoms with Gasteiger partial charge in [0.05, 0.1) is 12.2 Å². The molecule has 8 heteroatoms. The lowest BCUT2D eigenvalue weighted by molar-refractivity contribution is -0.121. The van der Waals surface area contributed by atoms with Gasteiger partial charge in [-0.25, -0.2) is 0 Å². The first-order valence-electron chi connectivity index (χ1n) is 9.14. The van der Waals surface area contributed by atoms with E-state index in [0.717, 1.165) is 18.4 Å². The third kappa shape index (κ3) is 3.96. The highest BCUT2D eigenvalue weighted by molar-refractivity contribution is 7.18. The SMILES string of the molecule is Cc1ccc(C(=O)N2CCC[C@H](C(=O)Nc3nnc(-c4ccco4)s3)C2)cc1. The monoisotopic (exact) mass is 396 g/mol. The van der Waals surface area contributed by atoms with E-state index in [4.69, 9.17) is 4.42 Å². The predicted octanol–water partition coefficient (Wildman–Crippen LogP) is 3.60. The average Bonchev–Trinajstić information content (AvgIpc) is 3.40. The van der Waals surface area contributed by atoms with Gasteiger partial charge in [0.2, 0.25) is 11.0 Å². The fourth-order valence-electron chi connectivity index (χ4n) is 3.24.